The Bertz CT molecular complexity index is 661. The van der Waals surface area contributed by atoms with Crippen molar-refractivity contribution in [2.45, 2.75) is 6.54 Å². The molecule has 0 spiro atoms. The first-order valence-electron chi connectivity index (χ1n) is 6.12. The summed E-state index contributed by atoms with van der Waals surface area (Å²) < 4.78 is 0. The summed E-state index contributed by atoms with van der Waals surface area (Å²) in [5, 5.41) is 10.7. The summed E-state index contributed by atoms with van der Waals surface area (Å²) in [6.45, 7) is 0.196. The SMILES string of the molecule is O=C(O)CN(Cc1ccc(Cl)cc1Cl)c1cccc(Cl)c1. The zero-order valence-corrected chi connectivity index (χ0v) is 13.2. The van der Waals surface area contributed by atoms with E-state index in [0.29, 0.717) is 21.6 Å². The summed E-state index contributed by atoms with van der Waals surface area (Å²) in [7, 11) is 0. The Morgan fingerprint density at radius 3 is 2.38 bits per heavy atom. The zero-order chi connectivity index (χ0) is 15.4. The second kappa shape index (κ2) is 7.03. The largest absolute Gasteiger partial charge is 0.480 e. The number of hydrogen-bond donors (Lipinski definition) is 1. The van der Waals surface area contributed by atoms with Gasteiger partial charge in [0.15, 0.2) is 0 Å². The maximum atomic E-state index is 11.1. The van der Waals surface area contributed by atoms with Crippen LogP contribution in [0.5, 0.6) is 0 Å². The van der Waals surface area contributed by atoms with Crippen molar-refractivity contribution in [3.05, 3.63) is 63.1 Å². The second-order valence-corrected chi connectivity index (χ2v) is 5.75. The molecule has 0 unspecified atom stereocenters. The predicted molar refractivity (Wildman–Crippen MR) is 86.6 cm³/mol. The number of carboxylic acids is 1. The smallest absolute Gasteiger partial charge is 0.323 e. The lowest BCUT2D eigenvalue weighted by atomic mass is 10.2. The van der Waals surface area contributed by atoms with Gasteiger partial charge < -0.3 is 10.0 Å². The van der Waals surface area contributed by atoms with Crippen LogP contribution in [0.2, 0.25) is 15.1 Å². The van der Waals surface area contributed by atoms with Crippen LogP contribution in [-0.2, 0) is 11.3 Å². The average Bonchev–Trinajstić information content (AvgIpc) is 2.40. The number of nitrogens with zero attached hydrogens (tertiary/aromatic N) is 1. The van der Waals surface area contributed by atoms with Gasteiger partial charge in [0.05, 0.1) is 0 Å². The number of halogens is 3. The van der Waals surface area contributed by atoms with E-state index in [9.17, 15) is 4.79 Å². The highest BCUT2D eigenvalue weighted by Crippen LogP contribution is 2.26. The standard InChI is InChI=1S/C15H12Cl3NO2/c16-11-2-1-3-13(6-11)19(9-15(20)21)8-10-4-5-12(17)7-14(10)18/h1-7H,8-9H2,(H,20,21). The molecule has 0 aliphatic heterocycles. The van der Waals surface area contributed by atoms with E-state index in [1.165, 1.54) is 0 Å². The lowest BCUT2D eigenvalue weighted by molar-refractivity contribution is -0.135. The molecule has 0 aromatic heterocycles. The van der Waals surface area contributed by atoms with E-state index in [-0.39, 0.29) is 6.54 Å². The molecule has 0 fully saturated rings. The molecule has 110 valence electrons. The van der Waals surface area contributed by atoms with Crippen molar-refractivity contribution in [1.29, 1.82) is 0 Å². The molecule has 21 heavy (non-hydrogen) atoms. The molecule has 0 amide bonds. The van der Waals surface area contributed by atoms with E-state index in [1.54, 1.807) is 47.4 Å². The van der Waals surface area contributed by atoms with E-state index < -0.39 is 5.97 Å². The normalized spacial score (nSPS) is 10.4. The third-order valence-corrected chi connectivity index (χ3v) is 3.70. The number of carbonyl (C=O) groups is 1. The highest BCUT2D eigenvalue weighted by molar-refractivity contribution is 6.35. The van der Waals surface area contributed by atoms with Gasteiger partial charge in [-0.15, -0.1) is 0 Å². The zero-order valence-electron chi connectivity index (χ0n) is 10.9. The van der Waals surface area contributed by atoms with Gasteiger partial charge in [0.1, 0.15) is 6.54 Å². The quantitative estimate of drug-likeness (QED) is 0.852. The van der Waals surface area contributed by atoms with Gasteiger partial charge in [-0.25, -0.2) is 0 Å². The van der Waals surface area contributed by atoms with Gasteiger partial charge in [-0.1, -0.05) is 46.9 Å². The fourth-order valence-corrected chi connectivity index (χ4v) is 2.58. The van der Waals surface area contributed by atoms with Crippen LogP contribution in [0.15, 0.2) is 42.5 Å². The van der Waals surface area contributed by atoms with Crippen LogP contribution in [0, 0.1) is 0 Å². The lowest BCUT2D eigenvalue weighted by Gasteiger charge is -2.23. The van der Waals surface area contributed by atoms with Crippen LogP contribution in [0.3, 0.4) is 0 Å². The van der Waals surface area contributed by atoms with Crippen molar-refractivity contribution in [2.75, 3.05) is 11.4 Å². The molecule has 1 N–H and O–H groups in total. The van der Waals surface area contributed by atoms with E-state index >= 15 is 0 Å². The molecular formula is C15H12Cl3NO2. The fourth-order valence-electron chi connectivity index (χ4n) is 1.93. The third kappa shape index (κ3) is 4.53. The minimum atomic E-state index is -0.930. The van der Waals surface area contributed by atoms with Gasteiger partial charge in [-0.2, -0.15) is 0 Å². The molecule has 0 saturated carbocycles. The Kier molecular flexibility index (Phi) is 5.34. The number of hydrogen-bond acceptors (Lipinski definition) is 2. The number of anilines is 1. The molecule has 2 aromatic rings. The molecule has 2 aromatic carbocycles. The molecule has 0 aliphatic carbocycles. The lowest BCUT2D eigenvalue weighted by Crippen LogP contribution is -2.29. The summed E-state index contributed by atoms with van der Waals surface area (Å²) in [6.07, 6.45) is 0. The number of carboxylic acid groups (broad SMARTS) is 1. The van der Waals surface area contributed by atoms with Crippen molar-refractivity contribution in [2.24, 2.45) is 0 Å². The van der Waals surface area contributed by atoms with E-state index in [0.717, 1.165) is 11.3 Å². The Balaban J connectivity index is 2.30. The van der Waals surface area contributed by atoms with Crippen LogP contribution >= 0.6 is 34.8 Å². The average molecular weight is 345 g/mol. The Morgan fingerprint density at radius 2 is 1.76 bits per heavy atom. The Hall–Kier alpha value is -1.42. The van der Waals surface area contributed by atoms with Crippen LogP contribution in [0.25, 0.3) is 0 Å². The van der Waals surface area contributed by atoms with Gasteiger partial charge in [0.2, 0.25) is 0 Å². The van der Waals surface area contributed by atoms with Crippen LogP contribution in [0.1, 0.15) is 5.56 Å². The summed E-state index contributed by atoms with van der Waals surface area (Å²) in [6, 6.07) is 12.2. The molecule has 0 bridgehead atoms. The van der Waals surface area contributed by atoms with E-state index in [2.05, 4.69) is 0 Å². The molecular weight excluding hydrogens is 333 g/mol. The molecule has 0 atom stereocenters. The minimum absolute atomic E-state index is 0.153. The van der Waals surface area contributed by atoms with Crippen molar-refractivity contribution in [3.8, 4) is 0 Å². The van der Waals surface area contributed by atoms with Gasteiger partial charge >= 0.3 is 5.97 Å². The Labute approximate surface area is 137 Å². The topological polar surface area (TPSA) is 40.5 Å². The minimum Gasteiger partial charge on any atom is -0.480 e. The van der Waals surface area contributed by atoms with Crippen molar-refractivity contribution in [3.63, 3.8) is 0 Å². The number of aliphatic carboxylic acids is 1. The van der Waals surface area contributed by atoms with Crippen molar-refractivity contribution >= 4 is 46.5 Å². The van der Waals surface area contributed by atoms with Crippen LogP contribution < -0.4 is 4.90 Å². The van der Waals surface area contributed by atoms with Crippen molar-refractivity contribution < 1.29 is 9.90 Å². The summed E-state index contributed by atoms with van der Waals surface area (Å²) in [5.41, 5.74) is 1.51. The van der Waals surface area contributed by atoms with Gasteiger partial charge in [0.25, 0.3) is 0 Å². The molecule has 3 nitrogen and oxygen atoms in total. The maximum absolute atomic E-state index is 11.1. The van der Waals surface area contributed by atoms with Crippen molar-refractivity contribution in [1.82, 2.24) is 0 Å². The highest BCUT2D eigenvalue weighted by Gasteiger charge is 2.13. The Morgan fingerprint density at radius 1 is 1.05 bits per heavy atom. The van der Waals surface area contributed by atoms with Crippen LogP contribution in [-0.4, -0.2) is 17.6 Å². The van der Waals surface area contributed by atoms with E-state index in [1.807, 2.05) is 0 Å². The number of benzene rings is 2. The molecule has 0 aliphatic rings. The third-order valence-electron chi connectivity index (χ3n) is 2.88. The number of rotatable bonds is 5. The molecule has 0 radical (unpaired) electrons. The van der Waals surface area contributed by atoms with E-state index in [4.69, 9.17) is 39.9 Å². The first kappa shape index (κ1) is 16.0. The maximum Gasteiger partial charge on any atom is 0.323 e. The predicted octanol–water partition coefficient (Wildman–Crippen LogP) is 4.74. The molecule has 2 rings (SSSR count). The monoisotopic (exact) mass is 343 g/mol. The molecule has 6 heteroatoms. The van der Waals surface area contributed by atoms with Gasteiger partial charge in [0, 0.05) is 27.3 Å². The highest BCUT2D eigenvalue weighted by atomic mass is 35.5. The second-order valence-electron chi connectivity index (χ2n) is 4.47. The first-order chi connectivity index (χ1) is 9.95. The summed E-state index contributed by atoms with van der Waals surface area (Å²) in [5.74, 6) is -0.930. The van der Waals surface area contributed by atoms with Gasteiger partial charge in [-0.3, -0.25) is 4.79 Å². The van der Waals surface area contributed by atoms with Gasteiger partial charge in [-0.05, 0) is 35.9 Å². The van der Waals surface area contributed by atoms with Crippen LogP contribution in [0.4, 0.5) is 5.69 Å². The fraction of sp³-hybridized carbons (Fsp3) is 0.133. The summed E-state index contributed by atoms with van der Waals surface area (Å²) >= 11 is 18.0. The molecule has 0 heterocycles. The summed E-state index contributed by atoms with van der Waals surface area (Å²) in [4.78, 5) is 12.8. The molecule has 0 saturated heterocycles. The first-order valence-corrected chi connectivity index (χ1v) is 7.25.